The van der Waals surface area contributed by atoms with Gasteiger partial charge in [-0.2, -0.15) is 0 Å². The van der Waals surface area contributed by atoms with Gasteiger partial charge in [-0.25, -0.2) is 8.42 Å². The van der Waals surface area contributed by atoms with Crippen molar-refractivity contribution in [2.24, 2.45) is 23.7 Å². The first-order valence-corrected chi connectivity index (χ1v) is 22.9. The first-order valence-electron chi connectivity index (χ1n) is 20.5. The summed E-state index contributed by atoms with van der Waals surface area (Å²) in [5.41, 5.74) is -0.759. The number of aromatic nitrogens is 1. The van der Waals surface area contributed by atoms with E-state index in [0.717, 1.165) is 62.3 Å². The van der Waals surface area contributed by atoms with Crippen molar-refractivity contribution in [2.45, 2.75) is 125 Å². The van der Waals surface area contributed by atoms with E-state index in [9.17, 15) is 32.4 Å². The Bertz CT molecular complexity index is 2160. The van der Waals surface area contributed by atoms with E-state index in [1.165, 1.54) is 11.0 Å². The number of rotatable bonds is 7. The average molecular weight is 868 g/mol. The largest absolute Gasteiger partial charge is 0.473 e. The van der Waals surface area contributed by atoms with Gasteiger partial charge in [0.15, 0.2) is 11.3 Å². The summed E-state index contributed by atoms with van der Waals surface area (Å²) in [6.07, 6.45) is 13.4. The molecule has 15 heteroatoms. The van der Waals surface area contributed by atoms with Crippen LogP contribution in [0.2, 0.25) is 0 Å². The molecule has 5 fully saturated rings. The minimum absolute atomic E-state index is 0.0181. The number of fused-ring (bicyclic) bond motifs is 5. The molecule has 0 spiro atoms. The smallest absolute Gasteiger partial charge is 0.306 e. The van der Waals surface area contributed by atoms with Crippen LogP contribution in [0.4, 0.5) is 0 Å². The molecule has 13 nitrogen and oxygen atoms in total. The van der Waals surface area contributed by atoms with Crippen molar-refractivity contribution in [3.05, 3.63) is 63.3 Å². The molecular formula is C42H51BrN4O9S. The molecular weight excluding hydrogens is 816 g/mol. The van der Waals surface area contributed by atoms with Crippen LogP contribution in [0.1, 0.15) is 95.5 Å². The molecule has 2 aliphatic heterocycles. The summed E-state index contributed by atoms with van der Waals surface area (Å²) >= 11 is 3.48. The van der Waals surface area contributed by atoms with Crippen LogP contribution >= 0.6 is 15.9 Å². The molecule has 0 radical (unpaired) electrons. The van der Waals surface area contributed by atoms with Crippen molar-refractivity contribution in [3.8, 4) is 5.88 Å². The number of nitrogens with one attached hydrogen (secondary N) is 3. The van der Waals surface area contributed by atoms with Crippen LogP contribution in [-0.2, 0) is 40.4 Å². The number of sulfonamides is 1. The Balaban J connectivity index is 1.15. The SMILES string of the molecule is C=C[C@@H]1C[C@]1(NC(=O)[C@@H]1C[C@@H]2CN1C(=O)[C@H](C1CCCC1)CC(=O)O[C@@H]1CCC[C@H]1CC/C=C/Cc1c([nH]c3ccc(Br)cc3c1=O)O2)C(=O)NS(=O)(=O)C1CC1. The molecule has 0 unspecified atom stereocenters. The minimum atomic E-state index is -3.91. The third kappa shape index (κ3) is 8.20. The Kier molecular flexibility index (Phi) is 11.2. The number of hydrogen-bond acceptors (Lipinski definition) is 9. The molecule has 57 heavy (non-hydrogen) atoms. The van der Waals surface area contributed by atoms with Gasteiger partial charge in [-0.05, 0) is 101 Å². The first-order chi connectivity index (χ1) is 27.4. The second-order valence-corrected chi connectivity index (χ2v) is 19.8. The van der Waals surface area contributed by atoms with E-state index in [1.54, 1.807) is 12.1 Å². The topological polar surface area (TPSA) is 181 Å². The van der Waals surface area contributed by atoms with Gasteiger partial charge in [0.2, 0.25) is 21.8 Å². The number of aromatic amines is 1. The third-order valence-corrected chi connectivity index (χ3v) is 15.5. The third-order valence-electron chi connectivity index (χ3n) is 13.1. The van der Waals surface area contributed by atoms with Crippen molar-refractivity contribution < 1.29 is 37.1 Å². The van der Waals surface area contributed by atoms with E-state index in [-0.39, 0.29) is 67.4 Å². The van der Waals surface area contributed by atoms with Gasteiger partial charge in [-0.1, -0.05) is 47.0 Å². The molecule has 4 aliphatic carbocycles. The maximum absolute atomic E-state index is 14.9. The summed E-state index contributed by atoms with van der Waals surface area (Å²) in [5, 5.41) is 2.70. The fraction of sp³-hybridized carbons (Fsp3) is 0.595. The molecule has 6 aliphatic rings. The standard InChI is InChI=1S/C42H51BrN4O9S/c1-2-26-22-42(26,41(52)46-57(53,54)29-16-17-29)45-38(50)34-20-28-23-47(34)40(51)31(24-9-6-7-10-24)21-36(48)56-35-14-8-12-25(35)11-4-3-5-13-30-37(49)32-19-27(43)15-18-33(32)44-39(30)55-28/h2-3,5,15,18-19,24-26,28-29,31,34-35H,1,4,6-14,16-17,20-23H2,(H,44,49)(H,45,50)(H,46,52)/b5-3+/t25-,26-,28-,31+,34+,35-,42-/m1/s1. The van der Waals surface area contributed by atoms with E-state index in [2.05, 4.69) is 43.6 Å². The molecule has 7 atom stereocenters. The molecule has 2 aromatic rings. The van der Waals surface area contributed by atoms with Crippen LogP contribution < -0.4 is 20.2 Å². The quantitative estimate of drug-likeness (QED) is 0.252. The molecule has 8 rings (SSSR count). The summed E-state index contributed by atoms with van der Waals surface area (Å²) in [6.45, 7) is 3.79. The second kappa shape index (κ2) is 16.0. The zero-order valence-corrected chi connectivity index (χ0v) is 34.4. The van der Waals surface area contributed by atoms with Crippen LogP contribution in [0.25, 0.3) is 10.9 Å². The number of hydrogen-bond donors (Lipinski definition) is 3. The van der Waals surface area contributed by atoms with Crippen molar-refractivity contribution in [1.82, 2.24) is 19.9 Å². The van der Waals surface area contributed by atoms with Crippen molar-refractivity contribution in [2.75, 3.05) is 6.54 Å². The summed E-state index contributed by atoms with van der Waals surface area (Å²) in [6, 6.07) is 4.25. The predicted octanol–water partition coefficient (Wildman–Crippen LogP) is 5.11. The number of halogens is 1. The molecule has 1 aromatic carbocycles. The van der Waals surface area contributed by atoms with Crippen LogP contribution in [0.3, 0.4) is 0 Å². The highest BCUT2D eigenvalue weighted by Gasteiger charge is 2.62. The summed E-state index contributed by atoms with van der Waals surface area (Å²) < 4.78 is 41.3. The number of allylic oxidation sites excluding steroid dienone is 2. The number of nitrogens with zero attached hydrogens (tertiary/aromatic N) is 1. The molecule has 3 heterocycles. The van der Waals surface area contributed by atoms with Gasteiger partial charge in [0.05, 0.1) is 35.2 Å². The molecule has 4 saturated carbocycles. The van der Waals surface area contributed by atoms with E-state index in [0.29, 0.717) is 29.3 Å². The lowest BCUT2D eigenvalue weighted by Crippen LogP contribution is -2.57. The van der Waals surface area contributed by atoms with Gasteiger partial charge in [-0.3, -0.25) is 28.7 Å². The van der Waals surface area contributed by atoms with E-state index in [4.69, 9.17) is 9.47 Å². The number of carbonyl (C=O) groups excluding carboxylic acids is 4. The summed E-state index contributed by atoms with van der Waals surface area (Å²) in [4.78, 5) is 75.6. The van der Waals surface area contributed by atoms with E-state index in [1.807, 2.05) is 12.1 Å². The van der Waals surface area contributed by atoms with Crippen molar-refractivity contribution >= 4 is 60.5 Å². The molecule has 306 valence electrons. The summed E-state index contributed by atoms with van der Waals surface area (Å²) in [5.74, 6) is -3.12. The Labute approximate surface area is 340 Å². The normalized spacial score (nSPS) is 31.6. The van der Waals surface area contributed by atoms with Gasteiger partial charge >= 0.3 is 5.97 Å². The fourth-order valence-corrected chi connectivity index (χ4v) is 11.4. The predicted molar refractivity (Wildman–Crippen MR) is 215 cm³/mol. The Hall–Kier alpha value is -3.98. The van der Waals surface area contributed by atoms with Crippen LogP contribution in [0, 0.1) is 23.7 Å². The number of benzene rings is 1. The monoisotopic (exact) mass is 866 g/mol. The Morgan fingerprint density at radius 3 is 2.49 bits per heavy atom. The maximum Gasteiger partial charge on any atom is 0.306 e. The number of H-pyrrole nitrogens is 1. The van der Waals surface area contributed by atoms with Crippen LogP contribution in [0.15, 0.2) is 52.3 Å². The lowest BCUT2D eigenvalue weighted by molar-refractivity contribution is -0.156. The van der Waals surface area contributed by atoms with E-state index >= 15 is 0 Å². The number of pyridine rings is 1. The highest BCUT2D eigenvalue weighted by molar-refractivity contribution is 9.10. The lowest BCUT2D eigenvalue weighted by Gasteiger charge is -2.32. The first kappa shape index (κ1) is 39.8. The van der Waals surface area contributed by atoms with Crippen LogP contribution in [0.5, 0.6) is 5.88 Å². The van der Waals surface area contributed by atoms with Crippen LogP contribution in [-0.4, -0.2) is 77.6 Å². The zero-order chi connectivity index (χ0) is 40.1. The van der Waals surface area contributed by atoms with Gasteiger partial charge in [0, 0.05) is 22.2 Å². The molecule has 1 aromatic heterocycles. The second-order valence-electron chi connectivity index (χ2n) is 16.9. The number of amides is 3. The molecule has 1 saturated heterocycles. The zero-order valence-electron chi connectivity index (χ0n) is 32.0. The van der Waals surface area contributed by atoms with Gasteiger partial charge < -0.3 is 24.7 Å². The molecule has 3 N–H and O–H groups in total. The minimum Gasteiger partial charge on any atom is -0.473 e. The number of esters is 1. The lowest BCUT2D eigenvalue weighted by atomic mass is 9.86. The van der Waals surface area contributed by atoms with Gasteiger partial charge in [-0.15, -0.1) is 6.58 Å². The maximum atomic E-state index is 14.9. The van der Waals surface area contributed by atoms with Crippen molar-refractivity contribution in [1.29, 1.82) is 0 Å². The fourth-order valence-electron chi connectivity index (χ4n) is 9.67. The van der Waals surface area contributed by atoms with Gasteiger partial charge in [0.25, 0.3) is 5.91 Å². The van der Waals surface area contributed by atoms with Gasteiger partial charge in [0.1, 0.15) is 23.8 Å². The highest BCUT2D eigenvalue weighted by Crippen LogP contribution is 2.46. The molecule has 3 amide bonds. The number of carbonyl (C=O) groups is 4. The Morgan fingerprint density at radius 2 is 1.75 bits per heavy atom. The van der Waals surface area contributed by atoms with E-state index < -0.39 is 62.6 Å². The van der Waals surface area contributed by atoms with Crippen molar-refractivity contribution in [3.63, 3.8) is 0 Å². The Morgan fingerprint density at radius 1 is 0.982 bits per heavy atom. The average Bonchev–Trinajstić information content (AvgIpc) is 3.97. The summed E-state index contributed by atoms with van der Waals surface area (Å²) in [7, 11) is -3.91. The highest BCUT2D eigenvalue weighted by atomic mass is 79.9. The molecule has 2 bridgehead atoms. The number of ether oxygens (including phenoxy) is 2.